The number of allylic oxidation sites excluding steroid dienone is 1. The molecule has 1 amide bonds. The van der Waals surface area contributed by atoms with Gasteiger partial charge in [0.1, 0.15) is 0 Å². The van der Waals surface area contributed by atoms with Gasteiger partial charge >= 0.3 is 0 Å². The Kier molecular flexibility index (Phi) is 4.99. The molecule has 1 aliphatic heterocycles. The molecule has 1 aliphatic carbocycles. The van der Waals surface area contributed by atoms with E-state index >= 15 is 0 Å². The zero-order valence-electron chi connectivity index (χ0n) is 18.7. The number of fused-ring (bicyclic) bond motifs is 2. The minimum absolute atomic E-state index is 0.103. The van der Waals surface area contributed by atoms with Gasteiger partial charge in [-0.15, -0.1) is 0 Å². The van der Waals surface area contributed by atoms with Gasteiger partial charge in [-0.05, 0) is 47.4 Å². The Labute approximate surface area is 198 Å². The van der Waals surface area contributed by atoms with E-state index in [9.17, 15) is 9.59 Å². The van der Waals surface area contributed by atoms with Gasteiger partial charge in [0, 0.05) is 23.3 Å². The molecular formula is C30H24N2O2. The molecule has 0 aromatic heterocycles. The summed E-state index contributed by atoms with van der Waals surface area (Å²) < 4.78 is 0. The monoisotopic (exact) mass is 444 g/mol. The van der Waals surface area contributed by atoms with Crippen LogP contribution in [0.25, 0.3) is 10.8 Å². The van der Waals surface area contributed by atoms with Crippen molar-refractivity contribution in [2.24, 2.45) is 0 Å². The maximum atomic E-state index is 14.5. The van der Waals surface area contributed by atoms with E-state index in [0.29, 0.717) is 17.6 Å². The number of ketones is 1. The SMILES string of the molecule is O=C1CCCC2=C1[C@H](c1ccccc1)N(C(=O)c1cccc3ccccc13)c1ccccc1N2. The molecule has 4 heteroatoms. The van der Waals surface area contributed by atoms with Gasteiger partial charge in [-0.1, -0.05) is 78.9 Å². The standard InChI is InChI=1S/C30H24N2O2/c33-27-19-9-17-25-28(27)29(21-11-2-1-3-12-21)32(26-18-7-6-16-24(26)31-25)30(34)23-15-8-13-20-10-4-5-14-22(20)23/h1-8,10-16,18,29,31H,9,17,19H2/t29-/m0/s1. The normalized spacial score (nSPS) is 17.6. The highest BCUT2D eigenvalue weighted by Crippen LogP contribution is 2.45. The first-order chi connectivity index (χ1) is 16.7. The second-order valence-electron chi connectivity index (χ2n) is 8.83. The van der Waals surface area contributed by atoms with Crippen molar-refractivity contribution in [1.82, 2.24) is 0 Å². The Hall–Kier alpha value is -4.18. The molecule has 34 heavy (non-hydrogen) atoms. The maximum absolute atomic E-state index is 14.5. The van der Waals surface area contributed by atoms with Gasteiger partial charge in [0.05, 0.1) is 17.4 Å². The Bertz CT molecular complexity index is 1450. The lowest BCUT2D eigenvalue weighted by Crippen LogP contribution is -2.38. The molecular weight excluding hydrogens is 420 g/mol. The van der Waals surface area contributed by atoms with E-state index in [1.54, 1.807) is 0 Å². The zero-order chi connectivity index (χ0) is 23.1. The number of hydrogen-bond acceptors (Lipinski definition) is 3. The molecule has 0 fully saturated rings. The third kappa shape index (κ3) is 3.30. The lowest BCUT2D eigenvalue weighted by Gasteiger charge is -2.34. The van der Waals surface area contributed by atoms with Crippen molar-refractivity contribution in [3.63, 3.8) is 0 Å². The van der Waals surface area contributed by atoms with Crippen molar-refractivity contribution in [3.05, 3.63) is 119 Å². The number of anilines is 2. The van der Waals surface area contributed by atoms with Crippen LogP contribution in [0.4, 0.5) is 11.4 Å². The second kappa shape index (κ2) is 8.31. The molecule has 0 saturated carbocycles. The minimum atomic E-state index is -0.508. The molecule has 0 bridgehead atoms. The van der Waals surface area contributed by atoms with Crippen molar-refractivity contribution >= 4 is 33.8 Å². The number of Topliss-reactive ketones (excluding diaryl/α,β-unsaturated/α-hetero) is 1. The van der Waals surface area contributed by atoms with Gasteiger partial charge < -0.3 is 5.32 Å². The third-order valence-corrected chi connectivity index (χ3v) is 6.79. The molecule has 4 nitrogen and oxygen atoms in total. The number of nitrogens with one attached hydrogen (secondary N) is 1. The average Bonchev–Trinajstić information content (AvgIpc) is 3.03. The van der Waals surface area contributed by atoms with Gasteiger partial charge in [0.25, 0.3) is 5.91 Å². The fourth-order valence-electron chi connectivity index (χ4n) is 5.25. The van der Waals surface area contributed by atoms with Crippen molar-refractivity contribution < 1.29 is 9.59 Å². The summed E-state index contributed by atoms with van der Waals surface area (Å²) in [5, 5.41) is 5.45. The minimum Gasteiger partial charge on any atom is -0.357 e. The lowest BCUT2D eigenvalue weighted by atomic mass is 9.85. The quantitative estimate of drug-likeness (QED) is 0.376. The summed E-state index contributed by atoms with van der Waals surface area (Å²) in [6.45, 7) is 0. The zero-order valence-corrected chi connectivity index (χ0v) is 18.7. The van der Waals surface area contributed by atoms with Crippen LogP contribution < -0.4 is 10.2 Å². The predicted molar refractivity (Wildman–Crippen MR) is 136 cm³/mol. The van der Waals surface area contributed by atoms with Crippen LogP contribution in [0.5, 0.6) is 0 Å². The molecule has 1 atom stereocenters. The van der Waals surface area contributed by atoms with Crippen LogP contribution in [-0.2, 0) is 4.79 Å². The van der Waals surface area contributed by atoms with Crippen molar-refractivity contribution in [2.45, 2.75) is 25.3 Å². The molecule has 6 rings (SSSR count). The second-order valence-corrected chi connectivity index (χ2v) is 8.83. The Morgan fingerprint density at radius 2 is 1.53 bits per heavy atom. The Balaban J connectivity index is 1.64. The number of amides is 1. The van der Waals surface area contributed by atoms with E-state index in [-0.39, 0.29) is 11.7 Å². The van der Waals surface area contributed by atoms with E-state index < -0.39 is 6.04 Å². The summed E-state index contributed by atoms with van der Waals surface area (Å²) in [7, 11) is 0. The van der Waals surface area contributed by atoms with Gasteiger partial charge in [-0.2, -0.15) is 0 Å². The fraction of sp³-hybridized carbons (Fsp3) is 0.133. The van der Waals surface area contributed by atoms with E-state index in [1.165, 1.54) is 0 Å². The Morgan fingerprint density at radius 1 is 0.794 bits per heavy atom. The maximum Gasteiger partial charge on any atom is 0.259 e. The molecule has 1 N–H and O–H groups in total. The van der Waals surface area contributed by atoms with E-state index in [4.69, 9.17) is 0 Å². The van der Waals surface area contributed by atoms with Crippen LogP contribution >= 0.6 is 0 Å². The molecule has 0 radical (unpaired) electrons. The first-order valence-corrected chi connectivity index (χ1v) is 11.7. The highest BCUT2D eigenvalue weighted by Gasteiger charge is 2.39. The first kappa shape index (κ1) is 20.4. The van der Waals surface area contributed by atoms with E-state index in [1.807, 2.05) is 102 Å². The molecule has 0 unspecified atom stereocenters. The van der Waals surface area contributed by atoms with Gasteiger partial charge in [-0.25, -0.2) is 0 Å². The summed E-state index contributed by atoms with van der Waals surface area (Å²) in [4.78, 5) is 29.7. The highest BCUT2D eigenvalue weighted by atomic mass is 16.2. The van der Waals surface area contributed by atoms with Crippen LogP contribution in [-0.4, -0.2) is 11.7 Å². The number of carbonyl (C=O) groups excluding carboxylic acids is 2. The van der Waals surface area contributed by atoms with E-state index in [2.05, 4.69) is 5.32 Å². The number of nitrogens with zero attached hydrogens (tertiary/aromatic N) is 1. The van der Waals surface area contributed by atoms with Crippen LogP contribution in [0.2, 0.25) is 0 Å². The average molecular weight is 445 g/mol. The Morgan fingerprint density at radius 3 is 2.41 bits per heavy atom. The largest absolute Gasteiger partial charge is 0.357 e. The topological polar surface area (TPSA) is 49.4 Å². The van der Waals surface area contributed by atoms with Crippen LogP contribution in [0.3, 0.4) is 0 Å². The van der Waals surface area contributed by atoms with Crippen LogP contribution in [0.1, 0.15) is 41.2 Å². The van der Waals surface area contributed by atoms with Crippen molar-refractivity contribution in [2.75, 3.05) is 10.2 Å². The van der Waals surface area contributed by atoms with Crippen molar-refractivity contribution in [1.29, 1.82) is 0 Å². The molecule has 0 spiro atoms. The summed E-state index contributed by atoms with van der Waals surface area (Å²) in [6.07, 6.45) is 2.09. The number of rotatable bonds is 2. The van der Waals surface area contributed by atoms with Crippen LogP contribution in [0, 0.1) is 0 Å². The van der Waals surface area contributed by atoms with Gasteiger partial charge in [-0.3, -0.25) is 14.5 Å². The first-order valence-electron chi connectivity index (χ1n) is 11.7. The summed E-state index contributed by atoms with van der Waals surface area (Å²) in [5.41, 5.74) is 4.79. The number of benzene rings is 4. The van der Waals surface area contributed by atoms with Crippen LogP contribution in [0.15, 0.2) is 108 Å². The van der Waals surface area contributed by atoms with Gasteiger partial charge in [0.2, 0.25) is 0 Å². The van der Waals surface area contributed by atoms with E-state index in [0.717, 1.165) is 46.2 Å². The smallest absolute Gasteiger partial charge is 0.259 e. The molecule has 2 aliphatic rings. The third-order valence-electron chi connectivity index (χ3n) is 6.79. The highest BCUT2D eigenvalue weighted by molar-refractivity contribution is 6.17. The summed E-state index contributed by atoms with van der Waals surface area (Å²) in [6, 6.07) is 31.0. The fourth-order valence-corrected chi connectivity index (χ4v) is 5.25. The predicted octanol–water partition coefficient (Wildman–Crippen LogP) is 6.66. The number of hydrogen-bond donors (Lipinski definition) is 1. The van der Waals surface area contributed by atoms with Gasteiger partial charge in [0.15, 0.2) is 5.78 Å². The molecule has 1 heterocycles. The molecule has 166 valence electrons. The number of para-hydroxylation sites is 2. The molecule has 4 aromatic carbocycles. The summed E-state index contributed by atoms with van der Waals surface area (Å²) >= 11 is 0. The summed E-state index contributed by atoms with van der Waals surface area (Å²) in [5.74, 6) is -0.0156. The van der Waals surface area contributed by atoms with Crippen molar-refractivity contribution in [3.8, 4) is 0 Å². The molecule has 0 saturated heterocycles. The lowest BCUT2D eigenvalue weighted by molar-refractivity contribution is -0.116. The molecule has 4 aromatic rings. The number of carbonyl (C=O) groups is 2.